The zero-order valence-electron chi connectivity index (χ0n) is 23.1. The van der Waals surface area contributed by atoms with Crippen molar-refractivity contribution in [2.45, 2.75) is 59.0 Å². The highest BCUT2D eigenvalue weighted by Crippen LogP contribution is 2.33. The lowest BCUT2D eigenvalue weighted by Gasteiger charge is -2.34. The number of ether oxygens (including phenoxy) is 1. The molecule has 1 saturated heterocycles. The topological polar surface area (TPSA) is 58.6 Å². The maximum absolute atomic E-state index is 12.2. The Morgan fingerprint density at radius 2 is 1.71 bits per heavy atom. The molecule has 1 heterocycles. The number of rotatable bonds is 10. The molecule has 1 N–H and O–H groups in total. The third kappa shape index (κ3) is 7.32. The molecule has 0 aromatic heterocycles. The van der Waals surface area contributed by atoms with Crippen molar-refractivity contribution >= 4 is 17.4 Å². The molecule has 200 valence electrons. The van der Waals surface area contributed by atoms with Crippen molar-refractivity contribution in [1.29, 1.82) is 0 Å². The van der Waals surface area contributed by atoms with E-state index in [0.717, 1.165) is 55.9 Å². The van der Waals surface area contributed by atoms with Gasteiger partial charge in [0, 0.05) is 30.1 Å². The Bertz CT molecular complexity index is 1230. The second-order valence-corrected chi connectivity index (χ2v) is 10.7. The summed E-state index contributed by atoms with van der Waals surface area (Å²) in [4.78, 5) is 26.6. The number of anilines is 1. The van der Waals surface area contributed by atoms with Crippen LogP contribution in [-0.4, -0.2) is 36.2 Å². The molecule has 4 rings (SSSR count). The Morgan fingerprint density at radius 3 is 2.39 bits per heavy atom. The maximum atomic E-state index is 12.2. The molecule has 0 aliphatic carbocycles. The number of hydrogen-bond acceptors (Lipinski definition) is 4. The van der Waals surface area contributed by atoms with Crippen LogP contribution in [0.25, 0.3) is 0 Å². The fourth-order valence-corrected chi connectivity index (χ4v) is 5.13. The highest BCUT2D eigenvalue weighted by molar-refractivity contribution is 5.94. The third-order valence-corrected chi connectivity index (χ3v) is 7.50. The lowest BCUT2D eigenvalue weighted by atomic mass is 9.86. The number of likely N-dealkylation sites (tertiary alicyclic amines) is 1. The minimum Gasteiger partial charge on any atom is -0.486 e. The Kier molecular flexibility index (Phi) is 9.35. The Labute approximate surface area is 227 Å². The van der Waals surface area contributed by atoms with E-state index in [0.29, 0.717) is 11.5 Å². The van der Waals surface area contributed by atoms with Crippen LogP contribution in [-0.2, 0) is 4.79 Å². The first-order chi connectivity index (χ1) is 18.3. The molecule has 3 aromatic carbocycles. The van der Waals surface area contributed by atoms with Gasteiger partial charge in [0.1, 0.15) is 11.9 Å². The van der Waals surface area contributed by atoms with Crippen LogP contribution < -0.4 is 10.1 Å². The van der Waals surface area contributed by atoms with Crippen molar-refractivity contribution in [3.63, 3.8) is 0 Å². The summed E-state index contributed by atoms with van der Waals surface area (Å²) in [5.41, 5.74) is 5.34. The second-order valence-electron chi connectivity index (χ2n) is 10.7. The number of Topliss-reactive ketones (excluding diaryl/α,β-unsaturated/α-hetero) is 1. The summed E-state index contributed by atoms with van der Waals surface area (Å²) in [6, 6.07) is 24.1. The summed E-state index contributed by atoms with van der Waals surface area (Å²) < 4.78 is 6.44. The first-order valence-electron chi connectivity index (χ1n) is 13.8. The molecule has 0 spiro atoms. The van der Waals surface area contributed by atoms with Gasteiger partial charge in [0.15, 0.2) is 5.78 Å². The van der Waals surface area contributed by atoms with Crippen molar-refractivity contribution < 1.29 is 14.3 Å². The number of nitrogens with zero attached hydrogens (tertiary/aromatic N) is 1. The van der Waals surface area contributed by atoms with Gasteiger partial charge in [-0.05, 0) is 86.7 Å². The first-order valence-corrected chi connectivity index (χ1v) is 13.8. The molecule has 1 fully saturated rings. The molecule has 1 aliphatic heterocycles. The van der Waals surface area contributed by atoms with Crippen molar-refractivity contribution in [3.8, 4) is 5.75 Å². The molecular weight excluding hydrogens is 472 g/mol. The molecule has 5 nitrogen and oxygen atoms in total. The van der Waals surface area contributed by atoms with Crippen LogP contribution in [0.15, 0.2) is 72.8 Å². The molecule has 0 unspecified atom stereocenters. The van der Waals surface area contributed by atoms with Crippen LogP contribution in [0.1, 0.15) is 79.1 Å². The number of aryl methyl sites for hydroxylation is 1. The molecule has 0 bridgehead atoms. The quantitative estimate of drug-likeness (QED) is 0.292. The van der Waals surface area contributed by atoms with Gasteiger partial charge in [0.05, 0.1) is 0 Å². The zero-order chi connectivity index (χ0) is 27.1. The van der Waals surface area contributed by atoms with E-state index in [1.54, 1.807) is 6.92 Å². The molecule has 5 heteroatoms. The van der Waals surface area contributed by atoms with E-state index in [1.165, 1.54) is 11.1 Å². The number of hydrogen-bond donors (Lipinski definition) is 1. The van der Waals surface area contributed by atoms with Gasteiger partial charge in [0.25, 0.3) is 0 Å². The van der Waals surface area contributed by atoms with Gasteiger partial charge in [-0.1, -0.05) is 62.4 Å². The Hall–Kier alpha value is -3.44. The highest BCUT2D eigenvalue weighted by Gasteiger charge is 2.24. The van der Waals surface area contributed by atoms with Gasteiger partial charge in [-0.25, -0.2) is 0 Å². The van der Waals surface area contributed by atoms with Crippen LogP contribution in [0.4, 0.5) is 5.69 Å². The standard InChI is InChI=1S/C33H40N2O3/c1-23(2)33(37)34-29-14-13-24(3)31(22-29)26-15-18-35(19-16-26)20-17-32(27-9-6-5-7-10-27)38-30-12-8-11-28(21-30)25(4)36/h5-14,21-23,26,32H,15-20H2,1-4H3,(H,34,37)/t32-/m0/s1. The lowest BCUT2D eigenvalue weighted by Crippen LogP contribution is -2.34. The van der Waals surface area contributed by atoms with Crippen LogP contribution in [0.2, 0.25) is 0 Å². The summed E-state index contributed by atoms with van der Waals surface area (Å²) in [6.45, 7) is 10.6. The number of carbonyl (C=O) groups is 2. The van der Waals surface area contributed by atoms with Gasteiger partial charge < -0.3 is 15.0 Å². The first kappa shape index (κ1) is 27.6. The summed E-state index contributed by atoms with van der Waals surface area (Å²) in [5.74, 6) is 1.28. The zero-order valence-corrected chi connectivity index (χ0v) is 23.1. The van der Waals surface area contributed by atoms with Crippen LogP contribution >= 0.6 is 0 Å². The van der Waals surface area contributed by atoms with E-state index in [4.69, 9.17) is 4.74 Å². The number of nitrogens with one attached hydrogen (secondary N) is 1. The summed E-state index contributed by atoms with van der Waals surface area (Å²) in [6.07, 6.45) is 2.98. The van der Waals surface area contributed by atoms with E-state index in [-0.39, 0.29) is 23.7 Å². The van der Waals surface area contributed by atoms with Gasteiger partial charge in [0.2, 0.25) is 5.91 Å². The average Bonchev–Trinajstić information content (AvgIpc) is 2.93. The average molecular weight is 513 g/mol. The van der Waals surface area contributed by atoms with Crippen molar-refractivity contribution in [2.24, 2.45) is 5.92 Å². The summed E-state index contributed by atoms with van der Waals surface area (Å²) >= 11 is 0. The van der Waals surface area contributed by atoms with Gasteiger partial charge in [-0.3, -0.25) is 9.59 Å². The number of benzene rings is 3. The van der Waals surface area contributed by atoms with E-state index >= 15 is 0 Å². The number of piperidine rings is 1. The lowest BCUT2D eigenvalue weighted by molar-refractivity contribution is -0.118. The molecule has 0 saturated carbocycles. The minimum absolute atomic E-state index is 0.0373. The fourth-order valence-electron chi connectivity index (χ4n) is 5.13. The van der Waals surface area contributed by atoms with Crippen LogP contribution in [0.5, 0.6) is 5.75 Å². The Morgan fingerprint density at radius 1 is 0.974 bits per heavy atom. The van der Waals surface area contributed by atoms with E-state index < -0.39 is 0 Å². The van der Waals surface area contributed by atoms with Crippen LogP contribution in [0, 0.1) is 12.8 Å². The van der Waals surface area contributed by atoms with Crippen molar-refractivity contribution in [2.75, 3.05) is 25.0 Å². The number of ketones is 1. The van der Waals surface area contributed by atoms with Gasteiger partial charge >= 0.3 is 0 Å². The van der Waals surface area contributed by atoms with E-state index in [1.807, 2.05) is 62.4 Å². The minimum atomic E-state index is -0.0837. The van der Waals surface area contributed by atoms with Crippen LogP contribution in [0.3, 0.4) is 0 Å². The molecule has 0 radical (unpaired) electrons. The fraction of sp³-hybridized carbons (Fsp3) is 0.394. The second kappa shape index (κ2) is 12.9. The number of amides is 1. The highest BCUT2D eigenvalue weighted by atomic mass is 16.5. The summed E-state index contributed by atoms with van der Waals surface area (Å²) in [7, 11) is 0. The monoisotopic (exact) mass is 512 g/mol. The SMILES string of the molecule is CC(=O)c1cccc(O[C@@H](CCN2CCC(c3cc(NC(=O)C(C)C)ccc3C)CC2)c2ccccc2)c1. The van der Waals surface area contributed by atoms with E-state index in [9.17, 15) is 9.59 Å². The van der Waals surface area contributed by atoms with Crippen molar-refractivity contribution in [3.05, 3.63) is 95.1 Å². The van der Waals surface area contributed by atoms with Gasteiger partial charge in [-0.2, -0.15) is 0 Å². The largest absolute Gasteiger partial charge is 0.486 e. The molecule has 3 aromatic rings. The molecule has 1 amide bonds. The maximum Gasteiger partial charge on any atom is 0.226 e. The summed E-state index contributed by atoms with van der Waals surface area (Å²) in [5, 5.41) is 3.05. The van der Waals surface area contributed by atoms with E-state index in [2.05, 4.69) is 41.4 Å². The molecule has 38 heavy (non-hydrogen) atoms. The predicted molar refractivity (Wildman–Crippen MR) is 154 cm³/mol. The smallest absolute Gasteiger partial charge is 0.226 e. The number of carbonyl (C=O) groups excluding carboxylic acids is 2. The predicted octanol–water partition coefficient (Wildman–Crippen LogP) is 7.18. The molecule has 1 aliphatic rings. The molecule has 1 atom stereocenters. The third-order valence-electron chi connectivity index (χ3n) is 7.50. The molecular formula is C33H40N2O3. The van der Waals surface area contributed by atoms with Crippen molar-refractivity contribution in [1.82, 2.24) is 4.90 Å². The Balaban J connectivity index is 1.37. The normalized spacial score (nSPS) is 15.3. The van der Waals surface area contributed by atoms with Gasteiger partial charge in [-0.15, -0.1) is 0 Å².